The van der Waals surface area contributed by atoms with Gasteiger partial charge in [-0.05, 0) is 53.4 Å². The van der Waals surface area contributed by atoms with Gasteiger partial charge in [0.15, 0.2) is 0 Å². The van der Waals surface area contributed by atoms with Crippen LogP contribution in [0.3, 0.4) is 0 Å². The topological polar surface area (TPSA) is 20.3 Å². The third-order valence-corrected chi connectivity index (χ3v) is 4.13. The Bertz CT molecular complexity index is 458. The van der Waals surface area contributed by atoms with Crippen LogP contribution in [0.15, 0.2) is 22.7 Å². The number of carbonyl (C=O) groups is 1. The van der Waals surface area contributed by atoms with E-state index >= 15 is 0 Å². The Labute approximate surface area is 135 Å². The number of benzene rings is 1. The number of carbonyl (C=O) groups excluding carboxylic acids is 1. The first-order chi connectivity index (χ1) is 10.0. The van der Waals surface area contributed by atoms with Crippen molar-refractivity contribution in [3.05, 3.63) is 28.5 Å². The molecule has 0 spiro atoms. The average Bonchev–Trinajstić information content (AvgIpc) is 2.44. The molecule has 0 aliphatic heterocycles. The number of amides is 1. The van der Waals surface area contributed by atoms with Gasteiger partial charge in [-0.15, -0.1) is 0 Å². The van der Waals surface area contributed by atoms with Gasteiger partial charge in [-0.1, -0.05) is 33.6 Å². The summed E-state index contributed by atoms with van der Waals surface area (Å²) in [5.41, 5.74) is 0.786. The van der Waals surface area contributed by atoms with E-state index in [0.29, 0.717) is 10.9 Å². The minimum Gasteiger partial charge on any atom is -0.309 e. The van der Waals surface area contributed by atoms with Crippen LogP contribution in [0.5, 0.6) is 0 Å². The Hall–Kier alpha value is -0.900. The van der Waals surface area contributed by atoms with E-state index in [1.807, 2.05) is 11.8 Å². The zero-order valence-electron chi connectivity index (χ0n) is 13.2. The zero-order chi connectivity index (χ0) is 15.8. The molecule has 0 aliphatic carbocycles. The first-order valence-corrected chi connectivity index (χ1v) is 8.61. The van der Waals surface area contributed by atoms with Crippen LogP contribution in [0.25, 0.3) is 0 Å². The third-order valence-electron chi connectivity index (χ3n) is 3.52. The van der Waals surface area contributed by atoms with Crippen LogP contribution in [0.4, 0.5) is 10.1 Å². The van der Waals surface area contributed by atoms with Crippen molar-refractivity contribution in [3.8, 4) is 0 Å². The fourth-order valence-corrected chi connectivity index (χ4v) is 2.96. The van der Waals surface area contributed by atoms with Crippen molar-refractivity contribution < 1.29 is 9.18 Å². The molecule has 4 heteroatoms. The normalized spacial score (nSPS) is 11.0. The van der Waals surface area contributed by atoms with Crippen LogP contribution < -0.4 is 4.90 Å². The molecule has 21 heavy (non-hydrogen) atoms. The summed E-state index contributed by atoms with van der Waals surface area (Å²) in [6.45, 7) is 6.27. The van der Waals surface area contributed by atoms with Gasteiger partial charge in [0, 0.05) is 18.2 Å². The lowest BCUT2D eigenvalue weighted by atomic mass is 10.0. The molecule has 1 amide bonds. The predicted octanol–water partition coefficient (Wildman–Crippen LogP) is 5.69. The summed E-state index contributed by atoms with van der Waals surface area (Å²) in [5, 5.41) is 0. The maximum absolute atomic E-state index is 13.5. The number of rotatable bonds is 8. The van der Waals surface area contributed by atoms with E-state index in [4.69, 9.17) is 0 Å². The van der Waals surface area contributed by atoms with Crippen molar-refractivity contribution in [2.75, 3.05) is 4.90 Å². The van der Waals surface area contributed by atoms with Gasteiger partial charge < -0.3 is 4.90 Å². The minimum atomic E-state index is -0.302. The molecule has 1 aromatic rings. The van der Waals surface area contributed by atoms with Crippen molar-refractivity contribution in [1.29, 1.82) is 0 Å². The predicted molar refractivity (Wildman–Crippen MR) is 90.1 cm³/mol. The van der Waals surface area contributed by atoms with Gasteiger partial charge in [0.2, 0.25) is 5.91 Å². The summed E-state index contributed by atoms with van der Waals surface area (Å²) >= 11 is 3.22. The fraction of sp³-hybridized carbons (Fsp3) is 0.588. The highest BCUT2D eigenvalue weighted by atomic mass is 79.9. The number of anilines is 1. The Balaban J connectivity index is 3.15. The van der Waals surface area contributed by atoms with Crippen molar-refractivity contribution in [1.82, 2.24) is 0 Å². The summed E-state index contributed by atoms with van der Waals surface area (Å²) in [6.07, 6.45) is 5.35. The van der Waals surface area contributed by atoms with Gasteiger partial charge in [0.05, 0.1) is 4.47 Å². The molecule has 118 valence electrons. The maximum atomic E-state index is 13.5. The van der Waals surface area contributed by atoms with E-state index in [2.05, 4.69) is 29.8 Å². The van der Waals surface area contributed by atoms with Crippen LogP contribution in [-0.2, 0) is 4.79 Å². The maximum Gasteiger partial charge on any atom is 0.227 e. The Kier molecular flexibility index (Phi) is 7.94. The summed E-state index contributed by atoms with van der Waals surface area (Å²) in [6, 6.07) is 5.02. The fourth-order valence-electron chi connectivity index (χ4n) is 2.60. The standard InChI is InChI=1S/C17H25BrFNO/c1-4-7-13(8-5-2)20(17(21)9-6-3)14-10-11-16(19)15(18)12-14/h10-13H,4-9H2,1-3H3. The van der Waals surface area contributed by atoms with Crippen LogP contribution in [0, 0.1) is 5.82 Å². The van der Waals surface area contributed by atoms with Crippen molar-refractivity contribution in [2.45, 2.75) is 65.3 Å². The zero-order valence-corrected chi connectivity index (χ0v) is 14.7. The summed E-state index contributed by atoms with van der Waals surface area (Å²) in [7, 11) is 0. The summed E-state index contributed by atoms with van der Waals surface area (Å²) in [5.74, 6) is -0.174. The lowest BCUT2D eigenvalue weighted by Crippen LogP contribution is -2.40. The molecular weight excluding hydrogens is 333 g/mol. The molecule has 0 atom stereocenters. The molecule has 0 bridgehead atoms. The second-order valence-electron chi connectivity index (χ2n) is 5.34. The van der Waals surface area contributed by atoms with E-state index in [1.54, 1.807) is 12.1 Å². The first kappa shape index (κ1) is 18.1. The molecule has 0 heterocycles. The van der Waals surface area contributed by atoms with Gasteiger partial charge in [-0.3, -0.25) is 4.79 Å². The van der Waals surface area contributed by atoms with Gasteiger partial charge in [-0.25, -0.2) is 4.39 Å². The molecule has 1 aromatic carbocycles. The van der Waals surface area contributed by atoms with Crippen molar-refractivity contribution >= 4 is 27.5 Å². The van der Waals surface area contributed by atoms with Crippen LogP contribution in [-0.4, -0.2) is 11.9 Å². The number of hydrogen-bond acceptors (Lipinski definition) is 1. The molecule has 0 aromatic heterocycles. The molecule has 0 saturated heterocycles. The quantitative estimate of drug-likeness (QED) is 0.585. The highest BCUT2D eigenvalue weighted by Crippen LogP contribution is 2.28. The van der Waals surface area contributed by atoms with Crippen LogP contribution >= 0.6 is 15.9 Å². The number of hydrogen-bond donors (Lipinski definition) is 0. The van der Waals surface area contributed by atoms with E-state index < -0.39 is 0 Å². The molecule has 0 saturated carbocycles. The van der Waals surface area contributed by atoms with Gasteiger partial charge >= 0.3 is 0 Å². The lowest BCUT2D eigenvalue weighted by molar-refractivity contribution is -0.119. The monoisotopic (exact) mass is 357 g/mol. The Morgan fingerprint density at radius 1 is 1.19 bits per heavy atom. The minimum absolute atomic E-state index is 0.128. The molecule has 2 nitrogen and oxygen atoms in total. The van der Waals surface area contributed by atoms with E-state index in [1.165, 1.54) is 6.07 Å². The highest BCUT2D eigenvalue weighted by Gasteiger charge is 2.24. The highest BCUT2D eigenvalue weighted by molar-refractivity contribution is 9.10. The molecule has 0 fully saturated rings. The Morgan fingerprint density at radius 2 is 1.81 bits per heavy atom. The van der Waals surface area contributed by atoms with Crippen molar-refractivity contribution in [2.24, 2.45) is 0 Å². The molecule has 0 radical (unpaired) electrons. The molecule has 0 unspecified atom stereocenters. The largest absolute Gasteiger partial charge is 0.309 e. The number of nitrogens with zero attached hydrogens (tertiary/aromatic N) is 1. The lowest BCUT2D eigenvalue weighted by Gasteiger charge is -2.32. The van der Waals surface area contributed by atoms with E-state index in [9.17, 15) is 9.18 Å². The van der Waals surface area contributed by atoms with Crippen molar-refractivity contribution in [3.63, 3.8) is 0 Å². The van der Waals surface area contributed by atoms with Gasteiger partial charge in [0.1, 0.15) is 5.82 Å². The summed E-state index contributed by atoms with van der Waals surface area (Å²) in [4.78, 5) is 14.4. The molecule has 1 rings (SSSR count). The average molecular weight is 358 g/mol. The van der Waals surface area contributed by atoms with Gasteiger partial charge in [0.25, 0.3) is 0 Å². The number of halogens is 2. The van der Waals surface area contributed by atoms with Crippen LogP contribution in [0.2, 0.25) is 0 Å². The molecule has 0 aliphatic rings. The van der Waals surface area contributed by atoms with Crippen LogP contribution in [0.1, 0.15) is 59.3 Å². The third kappa shape index (κ3) is 5.10. The SMILES string of the molecule is CCCC(=O)N(c1ccc(F)c(Br)c1)C(CCC)CCC. The molecule has 0 N–H and O–H groups in total. The first-order valence-electron chi connectivity index (χ1n) is 7.82. The van der Waals surface area contributed by atoms with Gasteiger partial charge in [-0.2, -0.15) is 0 Å². The second-order valence-corrected chi connectivity index (χ2v) is 6.20. The second kappa shape index (κ2) is 9.19. The van der Waals surface area contributed by atoms with E-state index in [-0.39, 0.29) is 17.8 Å². The smallest absolute Gasteiger partial charge is 0.227 e. The Morgan fingerprint density at radius 3 is 2.29 bits per heavy atom. The molecular formula is C17H25BrFNO. The van der Waals surface area contributed by atoms with E-state index in [0.717, 1.165) is 37.8 Å². The summed E-state index contributed by atoms with van der Waals surface area (Å²) < 4.78 is 13.9.